The third-order valence-electron chi connectivity index (χ3n) is 5.44. The molecule has 2 saturated carbocycles. The van der Waals surface area contributed by atoms with Crippen molar-refractivity contribution in [3.05, 3.63) is 0 Å². The van der Waals surface area contributed by atoms with Crippen molar-refractivity contribution in [3.8, 4) is 0 Å². The molecule has 0 spiro atoms. The standard InChI is InChI=1S/C11H18N2O/c1-10(2)6-4-5-11(10,3)8-7(6)12-9(14)13-8/h6-8H,4-5H2,1-3H3,(H2,12,13,14)/t6-,7+,8+,11-/m0/s1. The van der Waals surface area contributed by atoms with Crippen LogP contribution in [-0.2, 0) is 0 Å². The Morgan fingerprint density at radius 1 is 1.29 bits per heavy atom. The van der Waals surface area contributed by atoms with E-state index in [1.54, 1.807) is 0 Å². The maximum absolute atomic E-state index is 11.3. The first kappa shape index (κ1) is 8.57. The van der Waals surface area contributed by atoms with Gasteiger partial charge in [-0.2, -0.15) is 0 Å². The van der Waals surface area contributed by atoms with Gasteiger partial charge in [-0.25, -0.2) is 4.79 Å². The SMILES string of the molecule is CC1(C)[C@H]2CC[C@@]1(C)[C@@H]1NC(=O)N[C@@H]12. The van der Waals surface area contributed by atoms with E-state index < -0.39 is 0 Å². The molecule has 2 bridgehead atoms. The molecule has 3 fully saturated rings. The van der Waals surface area contributed by atoms with Crippen molar-refractivity contribution in [1.82, 2.24) is 10.6 Å². The molecule has 3 aliphatic rings. The van der Waals surface area contributed by atoms with Crippen LogP contribution in [0.4, 0.5) is 4.79 Å². The van der Waals surface area contributed by atoms with Crippen LogP contribution in [0.15, 0.2) is 0 Å². The van der Waals surface area contributed by atoms with E-state index in [9.17, 15) is 4.79 Å². The summed E-state index contributed by atoms with van der Waals surface area (Å²) in [7, 11) is 0. The summed E-state index contributed by atoms with van der Waals surface area (Å²) in [6.07, 6.45) is 2.53. The number of hydrogen-bond acceptors (Lipinski definition) is 1. The van der Waals surface area contributed by atoms with Crippen molar-refractivity contribution in [3.63, 3.8) is 0 Å². The second-order valence-electron chi connectivity index (χ2n) is 5.91. The summed E-state index contributed by atoms with van der Waals surface area (Å²) in [5.74, 6) is 0.663. The van der Waals surface area contributed by atoms with Crippen molar-refractivity contribution in [2.75, 3.05) is 0 Å². The minimum absolute atomic E-state index is 0.0358. The van der Waals surface area contributed by atoms with Gasteiger partial charge in [0.25, 0.3) is 0 Å². The highest BCUT2D eigenvalue weighted by Gasteiger charge is 2.68. The minimum atomic E-state index is 0.0358. The normalized spacial score (nSPS) is 52.8. The molecule has 0 radical (unpaired) electrons. The maximum Gasteiger partial charge on any atom is 0.315 e. The molecule has 0 unspecified atom stereocenters. The Hall–Kier alpha value is -0.730. The van der Waals surface area contributed by atoms with Gasteiger partial charge in [0.1, 0.15) is 0 Å². The number of fused-ring (bicyclic) bond motifs is 5. The summed E-state index contributed by atoms with van der Waals surface area (Å²) in [6.45, 7) is 7.05. The lowest BCUT2D eigenvalue weighted by molar-refractivity contribution is 0.126. The molecule has 2 amide bonds. The van der Waals surface area contributed by atoms with Crippen molar-refractivity contribution >= 4 is 6.03 Å². The van der Waals surface area contributed by atoms with E-state index in [1.165, 1.54) is 12.8 Å². The van der Waals surface area contributed by atoms with E-state index in [0.717, 1.165) is 0 Å². The number of urea groups is 1. The zero-order valence-corrected chi connectivity index (χ0v) is 9.05. The molecule has 1 aliphatic heterocycles. The van der Waals surface area contributed by atoms with Gasteiger partial charge in [-0.1, -0.05) is 20.8 Å². The topological polar surface area (TPSA) is 41.1 Å². The molecular weight excluding hydrogens is 176 g/mol. The molecule has 1 heterocycles. The molecule has 0 aromatic heterocycles. The van der Waals surface area contributed by atoms with Gasteiger partial charge in [-0.15, -0.1) is 0 Å². The highest BCUT2D eigenvalue weighted by atomic mass is 16.2. The molecule has 0 aromatic carbocycles. The lowest BCUT2D eigenvalue weighted by Crippen LogP contribution is -2.45. The average Bonchev–Trinajstić information content (AvgIpc) is 2.59. The number of nitrogens with one attached hydrogen (secondary N) is 2. The summed E-state index contributed by atoms with van der Waals surface area (Å²) in [5, 5.41) is 6.17. The van der Waals surface area contributed by atoms with Crippen LogP contribution in [0.3, 0.4) is 0 Å². The minimum Gasteiger partial charge on any atom is -0.333 e. The number of rotatable bonds is 0. The fraction of sp³-hybridized carbons (Fsp3) is 0.909. The summed E-state index contributed by atoms with van der Waals surface area (Å²) in [6, 6.07) is 0.786. The second kappa shape index (κ2) is 2.10. The van der Waals surface area contributed by atoms with Crippen LogP contribution in [0, 0.1) is 16.7 Å². The van der Waals surface area contributed by atoms with Crippen molar-refractivity contribution < 1.29 is 4.79 Å². The number of amides is 2. The Bertz CT molecular complexity index is 312. The first-order valence-electron chi connectivity index (χ1n) is 5.54. The fourth-order valence-electron chi connectivity index (χ4n) is 4.14. The van der Waals surface area contributed by atoms with Gasteiger partial charge in [0, 0.05) is 0 Å². The molecule has 2 aliphatic carbocycles. The summed E-state index contributed by atoms with van der Waals surface area (Å²) in [4.78, 5) is 11.3. The first-order chi connectivity index (χ1) is 6.47. The average molecular weight is 194 g/mol. The molecule has 14 heavy (non-hydrogen) atoms. The summed E-state index contributed by atoms with van der Waals surface area (Å²) in [5.41, 5.74) is 0.657. The summed E-state index contributed by atoms with van der Waals surface area (Å²) >= 11 is 0. The van der Waals surface area contributed by atoms with E-state index in [1.807, 2.05) is 0 Å². The Balaban J connectivity index is 2.06. The molecule has 3 heteroatoms. The molecule has 0 aromatic rings. The lowest BCUT2D eigenvalue weighted by atomic mass is 9.69. The zero-order chi connectivity index (χ0) is 10.1. The van der Waals surface area contributed by atoms with Crippen molar-refractivity contribution in [2.24, 2.45) is 16.7 Å². The van der Waals surface area contributed by atoms with Crippen LogP contribution >= 0.6 is 0 Å². The third kappa shape index (κ3) is 0.665. The smallest absolute Gasteiger partial charge is 0.315 e. The van der Waals surface area contributed by atoms with E-state index in [0.29, 0.717) is 28.8 Å². The first-order valence-corrected chi connectivity index (χ1v) is 5.54. The van der Waals surface area contributed by atoms with Crippen LogP contribution in [0.5, 0.6) is 0 Å². The van der Waals surface area contributed by atoms with Crippen molar-refractivity contribution in [2.45, 2.75) is 45.7 Å². The van der Waals surface area contributed by atoms with E-state index in [-0.39, 0.29) is 6.03 Å². The molecule has 3 rings (SSSR count). The zero-order valence-electron chi connectivity index (χ0n) is 9.05. The molecular formula is C11H18N2O. The quantitative estimate of drug-likeness (QED) is 0.602. The predicted octanol–water partition coefficient (Wildman–Crippen LogP) is 1.49. The molecule has 1 saturated heterocycles. The van der Waals surface area contributed by atoms with Gasteiger partial charge in [0.15, 0.2) is 0 Å². The van der Waals surface area contributed by atoms with Gasteiger partial charge in [-0.05, 0) is 29.6 Å². The number of carbonyl (C=O) groups excluding carboxylic acids is 1. The van der Waals surface area contributed by atoms with E-state index >= 15 is 0 Å². The largest absolute Gasteiger partial charge is 0.333 e. The van der Waals surface area contributed by atoms with Crippen LogP contribution < -0.4 is 10.6 Å². The highest BCUT2D eigenvalue weighted by molar-refractivity contribution is 5.78. The van der Waals surface area contributed by atoms with Gasteiger partial charge in [-0.3, -0.25) is 0 Å². The van der Waals surface area contributed by atoms with E-state index in [4.69, 9.17) is 0 Å². The van der Waals surface area contributed by atoms with Gasteiger partial charge < -0.3 is 10.6 Å². The van der Waals surface area contributed by atoms with Crippen LogP contribution in [0.2, 0.25) is 0 Å². The van der Waals surface area contributed by atoms with Crippen LogP contribution in [-0.4, -0.2) is 18.1 Å². The highest BCUT2D eigenvalue weighted by Crippen LogP contribution is 2.65. The predicted molar refractivity (Wildman–Crippen MR) is 53.9 cm³/mol. The number of carbonyl (C=O) groups is 1. The summed E-state index contributed by atoms with van der Waals surface area (Å²) < 4.78 is 0. The third-order valence-corrected chi connectivity index (χ3v) is 5.44. The molecule has 2 N–H and O–H groups in total. The fourth-order valence-corrected chi connectivity index (χ4v) is 4.14. The van der Waals surface area contributed by atoms with Gasteiger partial charge in [0.2, 0.25) is 0 Å². The van der Waals surface area contributed by atoms with Crippen LogP contribution in [0.1, 0.15) is 33.6 Å². The Morgan fingerprint density at radius 2 is 2.00 bits per heavy atom. The Labute approximate surface area is 84.6 Å². The van der Waals surface area contributed by atoms with E-state index in [2.05, 4.69) is 31.4 Å². The lowest BCUT2D eigenvalue weighted by Gasteiger charge is -2.38. The molecule has 78 valence electrons. The Morgan fingerprint density at radius 3 is 2.64 bits per heavy atom. The second-order valence-corrected chi connectivity index (χ2v) is 5.91. The number of hydrogen-bond donors (Lipinski definition) is 2. The maximum atomic E-state index is 11.3. The monoisotopic (exact) mass is 194 g/mol. The Kier molecular flexibility index (Phi) is 1.28. The molecule has 4 atom stereocenters. The van der Waals surface area contributed by atoms with Gasteiger partial charge in [0.05, 0.1) is 12.1 Å². The van der Waals surface area contributed by atoms with Crippen molar-refractivity contribution in [1.29, 1.82) is 0 Å². The molecule has 3 nitrogen and oxygen atoms in total. The van der Waals surface area contributed by atoms with Crippen LogP contribution in [0.25, 0.3) is 0 Å². The van der Waals surface area contributed by atoms with Gasteiger partial charge >= 0.3 is 6.03 Å².